The number of rotatable bonds is 1. The quantitative estimate of drug-likeness (QED) is 0.546. The Labute approximate surface area is 72.1 Å². The van der Waals surface area contributed by atoms with Gasteiger partial charge in [-0.25, -0.2) is 4.39 Å². The Morgan fingerprint density at radius 1 is 1.75 bits per heavy atom. The van der Waals surface area contributed by atoms with Crippen molar-refractivity contribution in [1.82, 2.24) is 4.90 Å². The zero-order chi connectivity index (χ0) is 9.14. The van der Waals surface area contributed by atoms with Crippen LogP contribution in [-0.4, -0.2) is 30.1 Å². The van der Waals surface area contributed by atoms with Crippen LogP contribution >= 0.6 is 0 Å². The van der Waals surface area contributed by atoms with Gasteiger partial charge in [0.25, 0.3) is 0 Å². The van der Waals surface area contributed by atoms with Crippen molar-refractivity contribution >= 4 is 5.91 Å². The molecule has 0 radical (unpaired) electrons. The fraction of sp³-hybridized carbons (Fsp3) is 0.667. The molecule has 1 fully saturated rings. The third-order valence-corrected chi connectivity index (χ3v) is 2.35. The molecule has 2 unspecified atom stereocenters. The van der Waals surface area contributed by atoms with Crippen molar-refractivity contribution in [3.05, 3.63) is 12.7 Å². The molecular weight excluding hydrogens is 157 g/mol. The van der Waals surface area contributed by atoms with Crippen LogP contribution in [0.25, 0.3) is 0 Å². The van der Waals surface area contributed by atoms with E-state index in [9.17, 15) is 9.18 Å². The summed E-state index contributed by atoms with van der Waals surface area (Å²) in [5.74, 6) is -0.0802. The topological polar surface area (TPSA) is 20.3 Å². The Morgan fingerprint density at radius 3 is 2.92 bits per heavy atom. The number of nitrogens with zero attached hydrogens (tertiary/aromatic N) is 1. The average molecular weight is 171 g/mol. The number of carbonyl (C=O) groups excluding carboxylic acids is 1. The maximum absolute atomic E-state index is 13.1. The van der Waals surface area contributed by atoms with Crippen LogP contribution in [0, 0.1) is 5.92 Å². The molecule has 68 valence electrons. The summed E-state index contributed by atoms with van der Waals surface area (Å²) in [6.07, 6.45) is 1.12. The van der Waals surface area contributed by atoms with Gasteiger partial charge in [0, 0.05) is 6.54 Å². The van der Waals surface area contributed by atoms with E-state index in [4.69, 9.17) is 0 Å². The zero-order valence-corrected chi connectivity index (χ0v) is 7.29. The van der Waals surface area contributed by atoms with Gasteiger partial charge in [-0.15, -0.1) is 0 Å². The highest BCUT2D eigenvalue weighted by molar-refractivity contribution is 5.87. The van der Waals surface area contributed by atoms with Crippen LogP contribution in [0.15, 0.2) is 12.7 Å². The molecule has 1 heterocycles. The number of halogens is 1. The van der Waals surface area contributed by atoms with E-state index in [0.717, 1.165) is 6.42 Å². The summed E-state index contributed by atoms with van der Waals surface area (Å²) in [5, 5.41) is 0. The van der Waals surface area contributed by atoms with Crippen LogP contribution in [0.5, 0.6) is 0 Å². The second-order valence-corrected chi connectivity index (χ2v) is 3.27. The van der Waals surface area contributed by atoms with Gasteiger partial charge < -0.3 is 4.90 Å². The number of piperidine rings is 1. The van der Waals surface area contributed by atoms with Crippen LogP contribution in [0.2, 0.25) is 0 Å². The third kappa shape index (κ3) is 1.84. The summed E-state index contributed by atoms with van der Waals surface area (Å²) in [6.45, 7) is 6.13. The molecule has 0 aromatic heterocycles. The Bertz CT molecular complexity index is 193. The smallest absolute Gasteiger partial charge is 0.246 e. The first-order valence-corrected chi connectivity index (χ1v) is 4.20. The monoisotopic (exact) mass is 171 g/mol. The van der Waals surface area contributed by atoms with Gasteiger partial charge in [-0.3, -0.25) is 4.79 Å². The van der Waals surface area contributed by atoms with Crippen molar-refractivity contribution in [3.8, 4) is 0 Å². The summed E-state index contributed by atoms with van der Waals surface area (Å²) >= 11 is 0. The molecule has 0 spiro atoms. The molecule has 0 aromatic carbocycles. The largest absolute Gasteiger partial charge is 0.336 e. The predicted molar refractivity (Wildman–Crippen MR) is 45.5 cm³/mol. The zero-order valence-electron chi connectivity index (χ0n) is 7.29. The van der Waals surface area contributed by atoms with E-state index in [1.807, 2.05) is 6.92 Å². The molecule has 12 heavy (non-hydrogen) atoms. The second-order valence-electron chi connectivity index (χ2n) is 3.27. The van der Waals surface area contributed by atoms with Gasteiger partial charge in [-0.05, 0) is 18.4 Å². The predicted octanol–water partition coefficient (Wildman–Crippen LogP) is 1.38. The van der Waals surface area contributed by atoms with Crippen molar-refractivity contribution < 1.29 is 9.18 Å². The molecule has 1 amide bonds. The van der Waals surface area contributed by atoms with E-state index < -0.39 is 6.17 Å². The van der Waals surface area contributed by atoms with E-state index in [2.05, 4.69) is 6.58 Å². The highest BCUT2D eigenvalue weighted by Crippen LogP contribution is 2.19. The first-order valence-electron chi connectivity index (χ1n) is 4.20. The standard InChI is InChI=1S/C9H14FNO/c1-3-9(12)11-5-4-7(2)8(10)6-11/h3,7-8H,1,4-6H2,2H3. The molecule has 2 atom stereocenters. The van der Waals surface area contributed by atoms with Gasteiger partial charge in [-0.1, -0.05) is 13.5 Å². The summed E-state index contributed by atoms with van der Waals surface area (Å²) in [6, 6.07) is 0. The molecule has 1 saturated heterocycles. The lowest BCUT2D eigenvalue weighted by Gasteiger charge is -2.32. The summed E-state index contributed by atoms with van der Waals surface area (Å²) in [4.78, 5) is 12.6. The van der Waals surface area contributed by atoms with Gasteiger partial charge >= 0.3 is 0 Å². The van der Waals surface area contributed by atoms with Gasteiger partial charge in [0.2, 0.25) is 5.91 Å². The minimum atomic E-state index is -0.873. The fourth-order valence-electron chi connectivity index (χ4n) is 1.35. The minimum Gasteiger partial charge on any atom is -0.336 e. The van der Waals surface area contributed by atoms with Crippen molar-refractivity contribution in [3.63, 3.8) is 0 Å². The number of amides is 1. The van der Waals surface area contributed by atoms with E-state index in [0.29, 0.717) is 6.54 Å². The van der Waals surface area contributed by atoms with E-state index in [-0.39, 0.29) is 18.4 Å². The normalized spacial score (nSPS) is 30.0. The first kappa shape index (κ1) is 9.23. The van der Waals surface area contributed by atoms with Crippen LogP contribution in [0.1, 0.15) is 13.3 Å². The van der Waals surface area contributed by atoms with Crippen LogP contribution in [-0.2, 0) is 4.79 Å². The molecular formula is C9H14FNO. The van der Waals surface area contributed by atoms with Gasteiger partial charge in [-0.2, -0.15) is 0 Å². The Balaban J connectivity index is 2.50. The van der Waals surface area contributed by atoms with Crippen molar-refractivity contribution in [1.29, 1.82) is 0 Å². The maximum atomic E-state index is 13.1. The van der Waals surface area contributed by atoms with Crippen molar-refractivity contribution in [2.75, 3.05) is 13.1 Å². The van der Waals surface area contributed by atoms with Crippen LogP contribution in [0.3, 0.4) is 0 Å². The summed E-state index contributed by atoms with van der Waals surface area (Å²) in [5.41, 5.74) is 0. The highest BCUT2D eigenvalue weighted by Gasteiger charge is 2.27. The van der Waals surface area contributed by atoms with Crippen LogP contribution < -0.4 is 0 Å². The fourth-order valence-corrected chi connectivity index (χ4v) is 1.35. The number of carbonyl (C=O) groups is 1. The number of hydrogen-bond donors (Lipinski definition) is 0. The lowest BCUT2D eigenvalue weighted by Crippen LogP contribution is -2.43. The van der Waals surface area contributed by atoms with Crippen molar-refractivity contribution in [2.45, 2.75) is 19.5 Å². The Kier molecular flexibility index (Phi) is 2.84. The highest BCUT2D eigenvalue weighted by atomic mass is 19.1. The van der Waals surface area contributed by atoms with E-state index >= 15 is 0 Å². The minimum absolute atomic E-state index is 0.0823. The van der Waals surface area contributed by atoms with E-state index in [1.54, 1.807) is 0 Å². The van der Waals surface area contributed by atoms with E-state index in [1.165, 1.54) is 11.0 Å². The van der Waals surface area contributed by atoms with Gasteiger partial charge in [0.05, 0.1) is 6.54 Å². The Hall–Kier alpha value is -0.860. The lowest BCUT2D eigenvalue weighted by atomic mass is 9.97. The summed E-state index contributed by atoms with van der Waals surface area (Å²) < 4.78 is 13.1. The summed E-state index contributed by atoms with van der Waals surface area (Å²) in [7, 11) is 0. The number of alkyl halides is 1. The number of likely N-dealkylation sites (tertiary alicyclic amines) is 1. The Morgan fingerprint density at radius 2 is 2.42 bits per heavy atom. The second kappa shape index (κ2) is 3.70. The first-order chi connectivity index (χ1) is 5.65. The molecule has 0 aromatic rings. The van der Waals surface area contributed by atoms with Crippen LogP contribution in [0.4, 0.5) is 4.39 Å². The SMILES string of the molecule is C=CC(=O)N1CCC(C)C(F)C1. The number of hydrogen-bond acceptors (Lipinski definition) is 1. The third-order valence-electron chi connectivity index (χ3n) is 2.35. The van der Waals surface area contributed by atoms with Crippen molar-refractivity contribution in [2.24, 2.45) is 5.92 Å². The lowest BCUT2D eigenvalue weighted by molar-refractivity contribution is -0.128. The molecule has 3 heteroatoms. The molecule has 0 saturated carbocycles. The molecule has 0 N–H and O–H groups in total. The van der Waals surface area contributed by atoms with Gasteiger partial charge in [0.1, 0.15) is 6.17 Å². The molecule has 1 aliphatic heterocycles. The molecule has 1 aliphatic rings. The maximum Gasteiger partial charge on any atom is 0.246 e. The van der Waals surface area contributed by atoms with Gasteiger partial charge in [0.15, 0.2) is 0 Å². The average Bonchev–Trinajstić information content (AvgIpc) is 2.08. The molecule has 2 nitrogen and oxygen atoms in total. The molecule has 0 bridgehead atoms. The molecule has 1 rings (SSSR count). The molecule has 0 aliphatic carbocycles.